The van der Waals surface area contributed by atoms with Crippen LogP contribution in [0.4, 0.5) is 14.5 Å². The van der Waals surface area contributed by atoms with Crippen molar-refractivity contribution in [2.45, 2.75) is 76.0 Å². The molecule has 0 radical (unpaired) electrons. The smallest absolute Gasteiger partial charge is 0.237 e. The summed E-state index contributed by atoms with van der Waals surface area (Å²) in [7, 11) is 0. The first-order valence-corrected chi connectivity index (χ1v) is 14.1. The maximum atomic E-state index is 14.9. The van der Waals surface area contributed by atoms with Gasteiger partial charge in [0.25, 0.3) is 0 Å². The van der Waals surface area contributed by atoms with Gasteiger partial charge in [-0.3, -0.25) is 9.59 Å². The first kappa shape index (κ1) is 28.3. The molecule has 2 aliphatic heterocycles. The Morgan fingerprint density at radius 2 is 1.85 bits per heavy atom. The van der Waals surface area contributed by atoms with Crippen LogP contribution >= 0.6 is 23.2 Å². The van der Waals surface area contributed by atoms with Gasteiger partial charge in [0, 0.05) is 24.2 Å². The van der Waals surface area contributed by atoms with E-state index < -0.39 is 46.4 Å². The van der Waals surface area contributed by atoms with Gasteiger partial charge in [0.05, 0.1) is 22.2 Å². The summed E-state index contributed by atoms with van der Waals surface area (Å²) >= 11 is 12.3. The number of nitrogens with one attached hydrogen (secondary N) is 3. The van der Waals surface area contributed by atoms with E-state index in [9.17, 15) is 23.5 Å². The van der Waals surface area contributed by atoms with Gasteiger partial charge < -0.3 is 21.1 Å². The minimum absolute atomic E-state index is 0.128. The second-order valence-electron chi connectivity index (χ2n) is 12.1. The molecule has 3 aliphatic rings. The fraction of sp³-hybridized carbons (Fsp3) is 0.517. The zero-order valence-corrected chi connectivity index (χ0v) is 23.6. The number of hydrogen-bond acceptors (Lipinski definition) is 4. The maximum absolute atomic E-state index is 14.9. The van der Waals surface area contributed by atoms with E-state index in [-0.39, 0.29) is 22.1 Å². The van der Waals surface area contributed by atoms with Gasteiger partial charge in [0.1, 0.15) is 17.0 Å². The molecule has 0 bridgehead atoms. The first-order chi connectivity index (χ1) is 18.3. The largest absolute Gasteiger partial charge is 0.393 e. The molecule has 0 aromatic heterocycles. The van der Waals surface area contributed by atoms with Crippen LogP contribution < -0.4 is 16.0 Å². The number of benzene rings is 2. The Bertz CT molecular complexity index is 1320. The van der Waals surface area contributed by atoms with E-state index in [1.54, 1.807) is 0 Å². The van der Waals surface area contributed by atoms with Crippen LogP contribution in [0.25, 0.3) is 0 Å². The molecule has 10 heteroatoms. The number of rotatable bonds is 5. The molecule has 2 aromatic carbocycles. The quantitative estimate of drug-likeness (QED) is 0.387. The number of aliphatic hydroxyl groups is 1. The zero-order chi connectivity index (χ0) is 28.3. The summed E-state index contributed by atoms with van der Waals surface area (Å²) in [5.41, 5.74) is -0.730. The highest BCUT2D eigenvalue weighted by molar-refractivity contribution is 6.31. The molecule has 2 fully saturated rings. The third kappa shape index (κ3) is 4.83. The fourth-order valence-corrected chi connectivity index (χ4v) is 7.28. The first-order valence-electron chi connectivity index (χ1n) is 13.3. The van der Waals surface area contributed by atoms with Crippen LogP contribution in [0.1, 0.15) is 63.5 Å². The van der Waals surface area contributed by atoms with E-state index in [4.69, 9.17) is 23.2 Å². The third-order valence-corrected chi connectivity index (χ3v) is 9.15. The SMILES string of the molecule is CC(C)(C)[C@H]1N[C@@H](C(=O)NCCC2CCC(O)C2)[C@H](c2ccc(F)c(Cl)c2)[C@@]12C(=O)Nc1cc(Cl)c(F)cc12. The molecular weight excluding hydrogens is 547 g/mol. The Morgan fingerprint density at radius 1 is 1.13 bits per heavy atom. The van der Waals surface area contributed by atoms with Crippen molar-refractivity contribution in [3.05, 3.63) is 63.1 Å². The van der Waals surface area contributed by atoms with Gasteiger partial charge in [-0.1, -0.05) is 50.0 Å². The summed E-state index contributed by atoms with van der Waals surface area (Å²) in [4.78, 5) is 27.9. The molecule has 6 atom stereocenters. The van der Waals surface area contributed by atoms with Crippen LogP contribution in [-0.2, 0) is 15.0 Å². The molecule has 39 heavy (non-hydrogen) atoms. The zero-order valence-electron chi connectivity index (χ0n) is 22.1. The van der Waals surface area contributed by atoms with Crippen molar-refractivity contribution >= 4 is 40.7 Å². The standard InChI is InChI=1S/C29H33Cl2F2N3O3/c1-28(2,3)26-29(17-12-21(33)19(31)13-22(17)35-27(29)39)23(15-5-7-20(32)18(30)11-15)24(36-26)25(38)34-9-8-14-4-6-16(37)10-14/h5,7,11-14,16,23-24,26,36-37H,4,6,8-10H2,1-3H3,(H,34,38)(H,35,39)/t14?,16?,23-,24+,26+,29+/m0/s1. The minimum Gasteiger partial charge on any atom is -0.393 e. The third-order valence-electron chi connectivity index (χ3n) is 8.57. The molecule has 5 rings (SSSR count). The van der Waals surface area contributed by atoms with Crippen LogP contribution in [0, 0.1) is 23.0 Å². The highest BCUT2D eigenvalue weighted by atomic mass is 35.5. The molecule has 2 aromatic rings. The number of anilines is 1. The molecule has 1 saturated carbocycles. The number of carbonyl (C=O) groups is 2. The number of carbonyl (C=O) groups excluding carboxylic acids is 2. The fourth-order valence-electron chi connectivity index (χ4n) is 6.93. The molecule has 1 spiro atoms. The van der Waals surface area contributed by atoms with Crippen molar-refractivity contribution in [1.82, 2.24) is 10.6 Å². The average Bonchev–Trinajstić information content (AvgIpc) is 3.51. The Morgan fingerprint density at radius 3 is 2.49 bits per heavy atom. The Labute approximate surface area is 236 Å². The second kappa shape index (κ2) is 10.3. The van der Waals surface area contributed by atoms with Crippen molar-refractivity contribution in [2.75, 3.05) is 11.9 Å². The lowest BCUT2D eigenvalue weighted by atomic mass is 9.60. The van der Waals surface area contributed by atoms with Gasteiger partial charge in [-0.05, 0) is 72.4 Å². The van der Waals surface area contributed by atoms with Gasteiger partial charge >= 0.3 is 0 Å². The predicted octanol–water partition coefficient (Wildman–Crippen LogP) is 5.30. The average molecular weight is 581 g/mol. The van der Waals surface area contributed by atoms with E-state index in [0.29, 0.717) is 35.7 Å². The van der Waals surface area contributed by atoms with E-state index in [2.05, 4.69) is 16.0 Å². The van der Waals surface area contributed by atoms with E-state index >= 15 is 0 Å². The van der Waals surface area contributed by atoms with Crippen LogP contribution in [0.2, 0.25) is 10.0 Å². The molecule has 2 amide bonds. The molecule has 6 nitrogen and oxygen atoms in total. The Balaban J connectivity index is 1.61. The van der Waals surface area contributed by atoms with E-state index in [1.165, 1.54) is 30.3 Å². The molecule has 1 saturated heterocycles. The van der Waals surface area contributed by atoms with Crippen molar-refractivity contribution in [3.8, 4) is 0 Å². The number of hydrogen-bond donors (Lipinski definition) is 4. The van der Waals surface area contributed by atoms with Crippen molar-refractivity contribution < 1.29 is 23.5 Å². The highest BCUT2D eigenvalue weighted by Gasteiger charge is 2.67. The number of aliphatic hydroxyl groups excluding tert-OH is 1. The summed E-state index contributed by atoms with van der Waals surface area (Å²) in [6.45, 7) is 6.25. The van der Waals surface area contributed by atoms with Crippen molar-refractivity contribution in [3.63, 3.8) is 0 Å². The van der Waals surface area contributed by atoms with Crippen molar-refractivity contribution in [2.24, 2.45) is 11.3 Å². The van der Waals surface area contributed by atoms with Crippen LogP contribution in [0.15, 0.2) is 30.3 Å². The van der Waals surface area contributed by atoms with Gasteiger partial charge in [-0.15, -0.1) is 0 Å². The van der Waals surface area contributed by atoms with E-state index in [1.807, 2.05) is 20.8 Å². The summed E-state index contributed by atoms with van der Waals surface area (Å²) in [5, 5.41) is 18.9. The van der Waals surface area contributed by atoms with Crippen LogP contribution in [-0.4, -0.2) is 41.7 Å². The van der Waals surface area contributed by atoms with Crippen LogP contribution in [0.3, 0.4) is 0 Å². The van der Waals surface area contributed by atoms with Gasteiger partial charge in [-0.25, -0.2) is 8.78 Å². The van der Waals surface area contributed by atoms with E-state index in [0.717, 1.165) is 19.3 Å². The summed E-state index contributed by atoms with van der Waals surface area (Å²) in [6, 6.07) is 5.32. The number of fused-ring (bicyclic) bond motifs is 2. The molecule has 2 heterocycles. The molecule has 210 valence electrons. The summed E-state index contributed by atoms with van der Waals surface area (Å²) in [6.07, 6.45) is 2.83. The molecule has 2 unspecified atom stereocenters. The summed E-state index contributed by atoms with van der Waals surface area (Å²) < 4.78 is 29.2. The lowest BCUT2D eigenvalue weighted by Gasteiger charge is -2.41. The highest BCUT2D eigenvalue weighted by Crippen LogP contribution is 2.58. The Kier molecular flexibility index (Phi) is 7.46. The van der Waals surface area contributed by atoms with Crippen molar-refractivity contribution in [1.29, 1.82) is 0 Å². The van der Waals surface area contributed by atoms with Gasteiger partial charge in [0.2, 0.25) is 11.8 Å². The molecular formula is C29H33Cl2F2N3O3. The monoisotopic (exact) mass is 579 g/mol. The normalized spacial score (nSPS) is 30.1. The van der Waals surface area contributed by atoms with Gasteiger partial charge in [0.15, 0.2) is 0 Å². The van der Waals surface area contributed by atoms with Gasteiger partial charge in [-0.2, -0.15) is 0 Å². The number of halogens is 4. The predicted molar refractivity (Wildman–Crippen MR) is 147 cm³/mol. The Hall–Kier alpha value is -2.26. The lowest BCUT2D eigenvalue weighted by molar-refractivity contribution is -0.124. The topological polar surface area (TPSA) is 90.5 Å². The summed E-state index contributed by atoms with van der Waals surface area (Å²) in [5.74, 6) is -2.52. The maximum Gasteiger partial charge on any atom is 0.237 e. The lowest BCUT2D eigenvalue weighted by Crippen LogP contribution is -2.54. The number of amides is 2. The molecule has 4 N–H and O–H groups in total. The second-order valence-corrected chi connectivity index (χ2v) is 13.0. The van der Waals surface area contributed by atoms with Crippen LogP contribution in [0.5, 0.6) is 0 Å². The minimum atomic E-state index is -1.42. The molecule has 1 aliphatic carbocycles.